The second kappa shape index (κ2) is 5.19. The average Bonchev–Trinajstić information content (AvgIpc) is 2.79. The first-order valence-electron chi connectivity index (χ1n) is 5.95. The minimum atomic E-state index is -0.228. The van der Waals surface area contributed by atoms with Gasteiger partial charge < -0.3 is 15.8 Å². The van der Waals surface area contributed by atoms with Crippen molar-refractivity contribution in [1.29, 1.82) is 0 Å². The molecule has 0 radical (unpaired) electrons. The predicted octanol–water partition coefficient (Wildman–Crippen LogP) is 0.874. The number of rotatable bonds is 4. The van der Waals surface area contributed by atoms with E-state index in [4.69, 9.17) is 10.5 Å². The summed E-state index contributed by atoms with van der Waals surface area (Å²) in [6, 6.07) is 7.90. The number of carbonyl (C=O) groups is 1. The topological polar surface area (TPSA) is 64.3 Å². The van der Waals surface area contributed by atoms with E-state index in [0.29, 0.717) is 13.2 Å². The number of hydrogen-bond donors (Lipinski definition) is 2. The van der Waals surface area contributed by atoms with Gasteiger partial charge in [0, 0.05) is 19.0 Å². The number of hydrogen-bond acceptors (Lipinski definition) is 3. The minimum absolute atomic E-state index is 0.104. The molecule has 0 aromatic heterocycles. The number of ether oxygens (including phenoxy) is 1. The van der Waals surface area contributed by atoms with Crippen molar-refractivity contribution in [3.8, 4) is 5.75 Å². The second-order valence-corrected chi connectivity index (χ2v) is 4.28. The maximum atomic E-state index is 11.3. The minimum Gasteiger partial charge on any atom is -0.494 e. The van der Waals surface area contributed by atoms with E-state index in [2.05, 4.69) is 5.32 Å². The fraction of sp³-hybridized carbons (Fsp3) is 0.462. The van der Waals surface area contributed by atoms with Gasteiger partial charge >= 0.3 is 0 Å². The predicted molar refractivity (Wildman–Crippen MR) is 65.9 cm³/mol. The van der Waals surface area contributed by atoms with Gasteiger partial charge in [-0.25, -0.2) is 0 Å². The molecule has 1 saturated heterocycles. The first-order chi connectivity index (χ1) is 8.22. The highest BCUT2D eigenvalue weighted by atomic mass is 16.5. The molecule has 4 heteroatoms. The Kier molecular flexibility index (Phi) is 3.64. The Morgan fingerprint density at radius 3 is 2.71 bits per heavy atom. The van der Waals surface area contributed by atoms with Crippen LogP contribution in [0.25, 0.3) is 0 Å². The zero-order valence-electron chi connectivity index (χ0n) is 9.98. The lowest BCUT2D eigenvalue weighted by atomic mass is 9.88. The molecule has 1 aliphatic heterocycles. The molecule has 17 heavy (non-hydrogen) atoms. The molecule has 1 fully saturated rings. The van der Waals surface area contributed by atoms with Crippen LogP contribution in [0.2, 0.25) is 0 Å². The summed E-state index contributed by atoms with van der Waals surface area (Å²) in [5.41, 5.74) is 6.54. The molecular formula is C13H18N2O2. The molecule has 92 valence electrons. The summed E-state index contributed by atoms with van der Waals surface area (Å²) in [7, 11) is 0. The van der Waals surface area contributed by atoms with Crippen LogP contribution in [-0.2, 0) is 4.79 Å². The summed E-state index contributed by atoms with van der Waals surface area (Å²) in [6.07, 6.45) is 0. The van der Waals surface area contributed by atoms with Crippen LogP contribution in [0.15, 0.2) is 24.3 Å². The van der Waals surface area contributed by atoms with Gasteiger partial charge in [-0.1, -0.05) is 12.1 Å². The van der Waals surface area contributed by atoms with Crippen molar-refractivity contribution in [1.82, 2.24) is 5.32 Å². The molecule has 1 aliphatic rings. The maximum absolute atomic E-state index is 11.3. The number of nitrogens with two attached hydrogens (primary N) is 1. The summed E-state index contributed by atoms with van der Waals surface area (Å²) in [5.74, 6) is 0.711. The monoisotopic (exact) mass is 234 g/mol. The van der Waals surface area contributed by atoms with Crippen LogP contribution in [0, 0.1) is 5.92 Å². The van der Waals surface area contributed by atoms with Crippen LogP contribution in [0.4, 0.5) is 0 Å². The Morgan fingerprint density at radius 2 is 2.12 bits per heavy atom. The van der Waals surface area contributed by atoms with E-state index in [-0.39, 0.29) is 17.7 Å². The van der Waals surface area contributed by atoms with Gasteiger partial charge in [0.1, 0.15) is 5.75 Å². The van der Waals surface area contributed by atoms with E-state index < -0.39 is 0 Å². The molecule has 2 rings (SSSR count). The fourth-order valence-corrected chi connectivity index (χ4v) is 2.31. The third-order valence-corrected chi connectivity index (χ3v) is 3.20. The number of nitrogens with one attached hydrogen (secondary N) is 1. The first kappa shape index (κ1) is 11.9. The van der Waals surface area contributed by atoms with Gasteiger partial charge in [0.05, 0.1) is 12.5 Å². The molecule has 0 aliphatic carbocycles. The quantitative estimate of drug-likeness (QED) is 0.812. The Labute approximate surface area is 101 Å². The van der Waals surface area contributed by atoms with Crippen molar-refractivity contribution in [2.45, 2.75) is 12.8 Å². The fourth-order valence-electron chi connectivity index (χ4n) is 2.31. The first-order valence-corrected chi connectivity index (χ1v) is 5.95. The standard InChI is InChI=1S/C13H18N2O2/c1-2-17-10-5-3-9(4-6-10)11-7-15-8-12(11)13(14)16/h3-6,11-12,15H,2,7-8H2,1H3,(H2,14,16). The molecule has 1 aromatic rings. The van der Waals surface area contributed by atoms with Crippen LogP contribution in [0.5, 0.6) is 5.75 Å². The van der Waals surface area contributed by atoms with Gasteiger partial charge in [-0.05, 0) is 24.6 Å². The molecule has 3 N–H and O–H groups in total. The summed E-state index contributed by atoms with van der Waals surface area (Å²) >= 11 is 0. The normalized spacial score (nSPS) is 23.6. The van der Waals surface area contributed by atoms with Crippen LogP contribution in [0.1, 0.15) is 18.4 Å². The summed E-state index contributed by atoms with van der Waals surface area (Å²) in [4.78, 5) is 11.3. The van der Waals surface area contributed by atoms with Crippen molar-refractivity contribution in [3.05, 3.63) is 29.8 Å². The molecule has 1 aromatic carbocycles. The second-order valence-electron chi connectivity index (χ2n) is 4.28. The highest BCUT2D eigenvalue weighted by Crippen LogP contribution is 2.29. The molecule has 0 spiro atoms. The van der Waals surface area contributed by atoms with Crippen LogP contribution in [0.3, 0.4) is 0 Å². The highest BCUT2D eigenvalue weighted by Gasteiger charge is 2.32. The van der Waals surface area contributed by atoms with E-state index >= 15 is 0 Å². The third kappa shape index (κ3) is 2.58. The summed E-state index contributed by atoms with van der Waals surface area (Å²) in [6.45, 7) is 4.10. The van der Waals surface area contributed by atoms with Gasteiger partial charge in [-0.3, -0.25) is 4.79 Å². The van der Waals surface area contributed by atoms with E-state index in [1.807, 2.05) is 31.2 Å². The van der Waals surface area contributed by atoms with E-state index in [1.54, 1.807) is 0 Å². The number of carbonyl (C=O) groups excluding carboxylic acids is 1. The lowest BCUT2D eigenvalue weighted by Crippen LogP contribution is -2.28. The zero-order valence-corrected chi connectivity index (χ0v) is 9.98. The average molecular weight is 234 g/mol. The maximum Gasteiger partial charge on any atom is 0.222 e. The lowest BCUT2D eigenvalue weighted by molar-refractivity contribution is -0.121. The molecule has 0 bridgehead atoms. The van der Waals surface area contributed by atoms with E-state index in [0.717, 1.165) is 17.9 Å². The Bertz CT molecular complexity index is 389. The zero-order chi connectivity index (χ0) is 12.3. The molecule has 4 nitrogen and oxygen atoms in total. The van der Waals surface area contributed by atoms with Crippen molar-refractivity contribution in [3.63, 3.8) is 0 Å². The molecule has 1 amide bonds. The van der Waals surface area contributed by atoms with Gasteiger partial charge in [-0.15, -0.1) is 0 Å². The Hall–Kier alpha value is -1.55. The molecule has 0 saturated carbocycles. The SMILES string of the molecule is CCOc1ccc(C2CNCC2C(N)=O)cc1. The van der Waals surface area contributed by atoms with Gasteiger partial charge in [0.2, 0.25) is 5.91 Å². The Balaban J connectivity index is 2.13. The van der Waals surface area contributed by atoms with Crippen LogP contribution < -0.4 is 15.8 Å². The van der Waals surface area contributed by atoms with Crippen molar-refractivity contribution in [2.24, 2.45) is 11.7 Å². The van der Waals surface area contributed by atoms with Crippen molar-refractivity contribution >= 4 is 5.91 Å². The van der Waals surface area contributed by atoms with Crippen molar-refractivity contribution in [2.75, 3.05) is 19.7 Å². The molecular weight excluding hydrogens is 216 g/mol. The number of amides is 1. The molecule has 2 unspecified atom stereocenters. The Morgan fingerprint density at radius 1 is 1.41 bits per heavy atom. The third-order valence-electron chi connectivity index (χ3n) is 3.20. The van der Waals surface area contributed by atoms with E-state index in [1.165, 1.54) is 0 Å². The molecule has 2 atom stereocenters. The molecule has 1 heterocycles. The highest BCUT2D eigenvalue weighted by molar-refractivity contribution is 5.78. The summed E-state index contributed by atoms with van der Waals surface area (Å²) < 4.78 is 5.39. The van der Waals surface area contributed by atoms with Gasteiger partial charge in [0.25, 0.3) is 0 Å². The summed E-state index contributed by atoms with van der Waals surface area (Å²) in [5, 5.41) is 3.21. The van der Waals surface area contributed by atoms with Gasteiger partial charge in [-0.2, -0.15) is 0 Å². The van der Waals surface area contributed by atoms with E-state index in [9.17, 15) is 4.79 Å². The van der Waals surface area contributed by atoms with Crippen LogP contribution >= 0.6 is 0 Å². The number of primary amides is 1. The van der Waals surface area contributed by atoms with Crippen molar-refractivity contribution < 1.29 is 9.53 Å². The van der Waals surface area contributed by atoms with Crippen LogP contribution in [-0.4, -0.2) is 25.6 Å². The lowest BCUT2D eigenvalue weighted by Gasteiger charge is -2.16. The smallest absolute Gasteiger partial charge is 0.222 e. The largest absolute Gasteiger partial charge is 0.494 e. The number of benzene rings is 1. The van der Waals surface area contributed by atoms with Gasteiger partial charge in [0.15, 0.2) is 0 Å².